The lowest BCUT2D eigenvalue weighted by molar-refractivity contribution is -0.109. The number of alkyl halides is 1. The lowest BCUT2D eigenvalue weighted by Crippen LogP contribution is -2.30. The van der Waals surface area contributed by atoms with Gasteiger partial charge in [0.25, 0.3) is 0 Å². The van der Waals surface area contributed by atoms with E-state index in [2.05, 4.69) is 5.32 Å². The Hall–Kier alpha value is -1.06. The van der Waals surface area contributed by atoms with Crippen molar-refractivity contribution < 1.29 is 9.59 Å². The Labute approximate surface area is 91.0 Å². The first-order valence-electron chi connectivity index (χ1n) is 3.78. The quantitative estimate of drug-likeness (QED) is 0.372. The van der Waals surface area contributed by atoms with E-state index in [1.54, 1.807) is 24.3 Å². The molecule has 1 amide bonds. The lowest BCUT2D eigenvalue weighted by atomic mass is 10.1. The summed E-state index contributed by atoms with van der Waals surface area (Å²) >= 11 is 11.2. The third kappa shape index (κ3) is 2.72. The standard InChI is InChI=1S/C9H7Cl2NO2/c10-7-3-1-6(2-4-7)8(14)9(11)12-5-13/h1-5,9H,(H,12,13). The van der Waals surface area contributed by atoms with E-state index in [4.69, 9.17) is 23.2 Å². The van der Waals surface area contributed by atoms with Gasteiger partial charge in [-0.3, -0.25) is 9.59 Å². The van der Waals surface area contributed by atoms with E-state index in [-0.39, 0.29) is 5.78 Å². The largest absolute Gasteiger partial charge is 0.336 e. The normalized spacial score (nSPS) is 11.9. The summed E-state index contributed by atoms with van der Waals surface area (Å²) in [6.07, 6.45) is 0.380. The average Bonchev–Trinajstić information content (AvgIpc) is 2.18. The van der Waals surface area contributed by atoms with Gasteiger partial charge in [0.2, 0.25) is 6.41 Å². The molecule has 0 heterocycles. The molecule has 5 heteroatoms. The summed E-state index contributed by atoms with van der Waals surface area (Å²) in [5.41, 5.74) is -0.627. The van der Waals surface area contributed by atoms with Crippen LogP contribution < -0.4 is 5.32 Å². The van der Waals surface area contributed by atoms with Gasteiger partial charge in [0, 0.05) is 10.6 Å². The third-order valence-electron chi connectivity index (χ3n) is 1.57. The zero-order valence-corrected chi connectivity index (χ0v) is 8.55. The van der Waals surface area contributed by atoms with Crippen LogP contribution in [0.1, 0.15) is 10.4 Å². The summed E-state index contributed by atoms with van der Waals surface area (Å²) in [5.74, 6) is -0.365. The number of amides is 1. The maximum atomic E-state index is 11.4. The Morgan fingerprint density at radius 2 is 1.93 bits per heavy atom. The van der Waals surface area contributed by atoms with Gasteiger partial charge >= 0.3 is 0 Å². The first-order chi connectivity index (χ1) is 6.65. The first kappa shape index (κ1) is 11.0. The molecule has 0 aliphatic carbocycles. The van der Waals surface area contributed by atoms with E-state index in [9.17, 15) is 9.59 Å². The number of hydrogen-bond donors (Lipinski definition) is 1. The van der Waals surface area contributed by atoms with Crippen LogP contribution in [-0.4, -0.2) is 17.7 Å². The number of carbonyl (C=O) groups excluding carboxylic acids is 2. The van der Waals surface area contributed by atoms with Gasteiger partial charge < -0.3 is 5.32 Å². The molecule has 0 aliphatic heterocycles. The fourth-order valence-electron chi connectivity index (χ4n) is 0.896. The zero-order valence-electron chi connectivity index (χ0n) is 7.04. The van der Waals surface area contributed by atoms with Crippen molar-refractivity contribution in [3.8, 4) is 0 Å². The second kappa shape index (κ2) is 4.98. The van der Waals surface area contributed by atoms with Crippen LogP contribution in [0.15, 0.2) is 24.3 Å². The molecule has 1 aromatic rings. The monoisotopic (exact) mass is 231 g/mol. The molecule has 3 nitrogen and oxygen atoms in total. The van der Waals surface area contributed by atoms with Gasteiger partial charge in [-0.1, -0.05) is 23.2 Å². The van der Waals surface area contributed by atoms with Crippen LogP contribution in [0.25, 0.3) is 0 Å². The zero-order chi connectivity index (χ0) is 10.6. The molecule has 74 valence electrons. The maximum Gasteiger partial charge on any atom is 0.208 e. The molecule has 14 heavy (non-hydrogen) atoms. The Kier molecular flexibility index (Phi) is 3.92. The third-order valence-corrected chi connectivity index (χ3v) is 2.15. The van der Waals surface area contributed by atoms with Crippen molar-refractivity contribution in [2.45, 2.75) is 5.50 Å². The number of carbonyl (C=O) groups is 2. The summed E-state index contributed by atoms with van der Waals surface area (Å²) in [6.45, 7) is 0. The minimum absolute atomic E-state index is 0.365. The van der Waals surface area contributed by atoms with Gasteiger partial charge in [0.1, 0.15) is 0 Å². The van der Waals surface area contributed by atoms with Crippen molar-refractivity contribution in [1.82, 2.24) is 5.32 Å². The maximum absolute atomic E-state index is 11.4. The molecule has 0 aliphatic rings. The van der Waals surface area contributed by atoms with E-state index >= 15 is 0 Å². The highest BCUT2D eigenvalue weighted by atomic mass is 35.5. The van der Waals surface area contributed by atoms with Crippen LogP contribution >= 0.6 is 23.2 Å². The number of Topliss-reactive ketones (excluding diaryl/α,β-unsaturated/α-hetero) is 1. The van der Waals surface area contributed by atoms with Gasteiger partial charge in [-0.15, -0.1) is 0 Å². The van der Waals surface area contributed by atoms with Gasteiger partial charge in [-0.25, -0.2) is 0 Å². The molecular weight excluding hydrogens is 225 g/mol. The first-order valence-corrected chi connectivity index (χ1v) is 4.60. The van der Waals surface area contributed by atoms with Crippen molar-refractivity contribution in [2.75, 3.05) is 0 Å². The van der Waals surface area contributed by atoms with Crippen molar-refractivity contribution in [1.29, 1.82) is 0 Å². The van der Waals surface area contributed by atoms with E-state index < -0.39 is 5.50 Å². The smallest absolute Gasteiger partial charge is 0.208 e. The molecule has 1 N–H and O–H groups in total. The van der Waals surface area contributed by atoms with Crippen LogP contribution in [0.3, 0.4) is 0 Å². The summed E-state index contributed by atoms with van der Waals surface area (Å²) in [4.78, 5) is 21.5. The molecule has 1 rings (SSSR count). The van der Waals surface area contributed by atoms with Crippen molar-refractivity contribution in [3.63, 3.8) is 0 Å². The Morgan fingerprint density at radius 3 is 2.43 bits per heavy atom. The van der Waals surface area contributed by atoms with Crippen molar-refractivity contribution in [3.05, 3.63) is 34.9 Å². The highest BCUT2D eigenvalue weighted by molar-refractivity contribution is 6.34. The molecule has 0 spiro atoms. The van der Waals surface area contributed by atoms with E-state index in [0.717, 1.165) is 0 Å². The summed E-state index contributed by atoms with van der Waals surface area (Å²) in [7, 11) is 0. The molecule has 0 saturated carbocycles. The SMILES string of the molecule is O=CNC(Cl)C(=O)c1ccc(Cl)cc1. The van der Waals surface area contributed by atoms with Crippen LogP contribution in [0.5, 0.6) is 0 Å². The predicted octanol–water partition coefficient (Wildman–Crippen LogP) is 1.83. The number of benzene rings is 1. The topological polar surface area (TPSA) is 46.2 Å². The fourth-order valence-corrected chi connectivity index (χ4v) is 1.20. The molecule has 1 atom stereocenters. The van der Waals surface area contributed by atoms with Gasteiger partial charge in [-0.05, 0) is 24.3 Å². The predicted molar refractivity (Wildman–Crippen MR) is 54.6 cm³/mol. The molecule has 0 aromatic heterocycles. The molecule has 0 fully saturated rings. The second-order valence-corrected chi connectivity index (χ2v) is 3.39. The fraction of sp³-hybridized carbons (Fsp3) is 0.111. The number of nitrogens with one attached hydrogen (secondary N) is 1. The van der Waals surface area contributed by atoms with E-state index in [1.807, 2.05) is 0 Å². The molecular formula is C9H7Cl2NO2. The van der Waals surface area contributed by atoms with Crippen LogP contribution in [0, 0.1) is 0 Å². The average molecular weight is 232 g/mol. The highest BCUT2D eigenvalue weighted by Gasteiger charge is 2.15. The second-order valence-electron chi connectivity index (χ2n) is 2.52. The Morgan fingerprint density at radius 1 is 1.36 bits per heavy atom. The van der Waals surface area contributed by atoms with Gasteiger partial charge in [0.05, 0.1) is 0 Å². The minimum atomic E-state index is -1.03. The van der Waals surface area contributed by atoms with Gasteiger partial charge in [-0.2, -0.15) is 0 Å². The summed E-state index contributed by atoms with van der Waals surface area (Å²) in [5, 5.41) is 2.70. The minimum Gasteiger partial charge on any atom is -0.336 e. The molecule has 0 radical (unpaired) electrons. The lowest BCUT2D eigenvalue weighted by Gasteiger charge is -2.06. The molecule has 0 saturated heterocycles. The van der Waals surface area contributed by atoms with E-state index in [1.165, 1.54) is 0 Å². The molecule has 1 aromatic carbocycles. The molecule has 0 bridgehead atoms. The van der Waals surface area contributed by atoms with Crippen LogP contribution in [0.2, 0.25) is 5.02 Å². The number of ketones is 1. The Bertz CT molecular complexity index is 337. The van der Waals surface area contributed by atoms with Crippen molar-refractivity contribution >= 4 is 35.4 Å². The van der Waals surface area contributed by atoms with Crippen LogP contribution in [0.4, 0.5) is 0 Å². The number of halogens is 2. The summed E-state index contributed by atoms with van der Waals surface area (Å²) < 4.78 is 0. The number of rotatable bonds is 4. The van der Waals surface area contributed by atoms with Crippen LogP contribution in [-0.2, 0) is 4.79 Å². The number of hydrogen-bond acceptors (Lipinski definition) is 2. The Balaban J connectivity index is 2.78. The summed E-state index contributed by atoms with van der Waals surface area (Å²) in [6, 6.07) is 6.26. The van der Waals surface area contributed by atoms with Gasteiger partial charge in [0.15, 0.2) is 11.3 Å². The van der Waals surface area contributed by atoms with E-state index in [0.29, 0.717) is 17.0 Å². The highest BCUT2D eigenvalue weighted by Crippen LogP contribution is 2.12. The molecule has 1 unspecified atom stereocenters. The van der Waals surface area contributed by atoms with Crippen molar-refractivity contribution in [2.24, 2.45) is 0 Å².